The number of hydrogen-bond acceptors (Lipinski definition) is 5. The quantitative estimate of drug-likeness (QED) is 0.842. The topological polar surface area (TPSA) is 72.6 Å². The van der Waals surface area contributed by atoms with Crippen molar-refractivity contribution in [1.82, 2.24) is 4.90 Å². The summed E-state index contributed by atoms with van der Waals surface area (Å²) in [4.78, 5) is 26.4. The van der Waals surface area contributed by atoms with E-state index in [1.54, 1.807) is 20.0 Å². The van der Waals surface area contributed by atoms with Gasteiger partial charge >= 0.3 is 5.97 Å². The molecule has 1 atom stereocenters. The Morgan fingerprint density at radius 2 is 2.17 bits per heavy atom. The number of nitrogen functional groups attached to an aromatic ring is 1. The number of hydrogen-bond donors (Lipinski definition) is 1. The zero-order valence-electron chi connectivity index (χ0n) is 11.0. The second kappa shape index (κ2) is 5.86. The van der Waals surface area contributed by atoms with Gasteiger partial charge in [0.2, 0.25) is 0 Å². The summed E-state index contributed by atoms with van der Waals surface area (Å²) in [5.74, 6) is -0.797. The predicted molar refractivity (Wildman–Crippen MR) is 71.6 cm³/mol. The highest BCUT2D eigenvalue weighted by Crippen LogP contribution is 2.24. The highest BCUT2D eigenvalue weighted by molar-refractivity contribution is 7.14. The highest BCUT2D eigenvalue weighted by Gasteiger charge is 2.21. The summed E-state index contributed by atoms with van der Waals surface area (Å²) in [5, 5.41) is 0. The van der Waals surface area contributed by atoms with Crippen LogP contribution < -0.4 is 5.73 Å². The number of carbonyl (C=O) groups excluding carboxylic acids is 2. The van der Waals surface area contributed by atoms with E-state index in [-0.39, 0.29) is 17.8 Å². The lowest BCUT2D eigenvalue weighted by Gasteiger charge is -2.19. The van der Waals surface area contributed by atoms with Gasteiger partial charge in [-0.25, -0.2) is 0 Å². The average Bonchev–Trinajstić information content (AvgIpc) is 2.67. The van der Waals surface area contributed by atoms with Crippen LogP contribution in [-0.4, -0.2) is 37.5 Å². The molecule has 0 fully saturated rings. The van der Waals surface area contributed by atoms with Crippen LogP contribution in [0.1, 0.15) is 21.5 Å². The summed E-state index contributed by atoms with van der Waals surface area (Å²) in [6, 6.07) is 1.67. The molecule has 0 bridgehead atoms. The van der Waals surface area contributed by atoms with Crippen molar-refractivity contribution in [1.29, 1.82) is 0 Å². The number of nitrogens with zero attached hydrogens (tertiary/aromatic N) is 1. The number of esters is 1. The van der Waals surface area contributed by atoms with Crippen molar-refractivity contribution in [2.45, 2.75) is 13.8 Å². The molecule has 5 nitrogen and oxygen atoms in total. The lowest BCUT2D eigenvalue weighted by molar-refractivity contribution is -0.145. The summed E-state index contributed by atoms with van der Waals surface area (Å²) in [5.41, 5.74) is 6.34. The fourth-order valence-electron chi connectivity index (χ4n) is 1.56. The number of thiophene rings is 1. The molecule has 0 saturated heterocycles. The van der Waals surface area contributed by atoms with Crippen LogP contribution in [-0.2, 0) is 9.53 Å². The van der Waals surface area contributed by atoms with Gasteiger partial charge in [0.1, 0.15) is 0 Å². The number of methoxy groups -OCH3 is 1. The summed E-state index contributed by atoms with van der Waals surface area (Å²) in [6.45, 7) is 3.92. The minimum atomic E-state index is -0.345. The van der Waals surface area contributed by atoms with Crippen molar-refractivity contribution >= 4 is 28.9 Å². The molecule has 0 aliphatic heterocycles. The monoisotopic (exact) mass is 270 g/mol. The van der Waals surface area contributed by atoms with Crippen molar-refractivity contribution in [3.8, 4) is 0 Å². The molecule has 1 unspecified atom stereocenters. The summed E-state index contributed by atoms with van der Waals surface area (Å²) < 4.78 is 4.63. The van der Waals surface area contributed by atoms with Crippen LogP contribution in [0.5, 0.6) is 0 Å². The van der Waals surface area contributed by atoms with Crippen molar-refractivity contribution in [2.75, 3.05) is 26.4 Å². The van der Waals surface area contributed by atoms with Crippen LogP contribution in [0.15, 0.2) is 6.07 Å². The van der Waals surface area contributed by atoms with Gasteiger partial charge in [0.25, 0.3) is 5.91 Å². The molecule has 2 N–H and O–H groups in total. The molecule has 0 aliphatic carbocycles. The molecule has 0 aliphatic rings. The Hall–Kier alpha value is -1.56. The van der Waals surface area contributed by atoms with Crippen LogP contribution >= 0.6 is 11.3 Å². The van der Waals surface area contributed by atoms with Crippen LogP contribution in [0.4, 0.5) is 5.69 Å². The molecule has 6 heteroatoms. The number of aryl methyl sites for hydroxylation is 1. The second-order valence-corrected chi connectivity index (χ2v) is 5.49. The van der Waals surface area contributed by atoms with Gasteiger partial charge in [-0.1, -0.05) is 6.92 Å². The first kappa shape index (κ1) is 14.5. The molecule has 0 saturated carbocycles. The summed E-state index contributed by atoms with van der Waals surface area (Å²) in [7, 11) is 3.00. The third-order valence-electron chi connectivity index (χ3n) is 2.66. The molecule has 0 aromatic carbocycles. The molecule has 1 amide bonds. The lowest BCUT2D eigenvalue weighted by Crippen LogP contribution is -2.33. The average molecular weight is 270 g/mol. The van der Waals surface area contributed by atoms with E-state index in [0.717, 1.165) is 4.88 Å². The van der Waals surface area contributed by atoms with E-state index in [0.29, 0.717) is 17.1 Å². The minimum absolute atomic E-state index is 0.129. The van der Waals surface area contributed by atoms with Crippen LogP contribution in [0, 0.1) is 12.8 Å². The Morgan fingerprint density at radius 1 is 1.56 bits per heavy atom. The van der Waals surface area contributed by atoms with Gasteiger partial charge in [0.05, 0.1) is 17.9 Å². The minimum Gasteiger partial charge on any atom is -0.469 e. The number of carbonyl (C=O) groups is 2. The fourth-order valence-corrected chi connectivity index (χ4v) is 2.49. The smallest absolute Gasteiger partial charge is 0.310 e. The molecular weight excluding hydrogens is 252 g/mol. The molecule has 1 aromatic heterocycles. The van der Waals surface area contributed by atoms with E-state index in [1.165, 1.54) is 23.3 Å². The normalized spacial score (nSPS) is 12.0. The third-order valence-corrected chi connectivity index (χ3v) is 3.72. The predicted octanol–water partition coefficient (Wildman–Crippen LogP) is 1.52. The Balaban J connectivity index is 2.70. The number of amides is 1. The number of rotatable bonds is 4. The van der Waals surface area contributed by atoms with Crippen molar-refractivity contribution in [3.05, 3.63) is 15.8 Å². The summed E-state index contributed by atoms with van der Waals surface area (Å²) in [6.07, 6.45) is 0. The third kappa shape index (κ3) is 3.22. The van der Waals surface area contributed by atoms with E-state index in [2.05, 4.69) is 4.74 Å². The molecule has 100 valence electrons. The largest absolute Gasteiger partial charge is 0.469 e. The molecule has 18 heavy (non-hydrogen) atoms. The number of ether oxygens (including phenoxy) is 1. The Kier molecular flexibility index (Phi) is 4.72. The first-order valence-electron chi connectivity index (χ1n) is 5.56. The number of nitrogens with two attached hydrogens (primary N) is 1. The van der Waals surface area contributed by atoms with Gasteiger partial charge in [-0.2, -0.15) is 0 Å². The molecule has 1 heterocycles. The van der Waals surface area contributed by atoms with Crippen molar-refractivity contribution in [3.63, 3.8) is 0 Å². The second-order valence-electron chi connectivity index (χ2n) is 4.23. The molecule has 1 rings (SSSR count). The van der Waals surface area contributed by atoms with Crippen molar-refractivity contribution < 1.29 is 14.3 Å². The van der Waals surface area contributed by atoms with E-state index in [4.69, 9.17) is 5.73 Å². The molecule has 0 radical (unpaired) electrons. The Labute approximate surface area is 111 Å². The van der Waals surface area contributed by atoms with Gasteiger partial charge < -0.3 is 15.4 Å². The van der Waals surface area contributed by atoms with Crippen LogP contribution in [0.3, 0.4) is 0 Å². The Bertz CT molecular complexity index is 437. The van der Waals surface area contributed by atoms with E-state index < -0.39 is 0 Å². The van der Waals surface area contributed by atoms with Gasteiger partial charge in [-0.05, 0) is 13.0 Å². The van der Waals surface area contributed by atoms with Gasteiger partial charge in [-0.3, -0.25) is 9.59 Å². The maximum Gasteiger partial charge on any atom is 0.310 e. The highest BCUT2D eigenvalue weighted by atomic mass is 32.1. The zero-order valence-corrected chi connectivity index (χ0v) is 11.8. The molecule has 1 aromatic rings. The van der Waals surface area contributed by atoms with Gasteiger partial charge in [0, 0.05) is 24.2 Å². The fraction of sp³-hybridized carbons (Fsp3) is 0.500. The Morgan fingerprint density at radius 3 is 2.61 bits per heavy atom. The van der Waals surface area contributed by atoms with Gasteiger partial charge in [0.15, 0.2) is 0 Å². The van der Waals surface area contributed by atoms with Crippen LogP contribution in [0.25, 0.3) is 0 Å². The molecule has 0 spiro atoms. The molecular formula is C12H18N2O3S. The standard InChI is InChI=1S/C12H18N2O3S/c1-7(12(16)17-4)6-14(3)11(15)10-5-9(13)8(2)18-10/h5,7H,6,13H2,1-4H3. The first-order valence-corrected chi connectivity index (χ1v) is 6.37. The van der Waals surface area contributed by atoms with Crippen LogP contribution in [0.2, 0.25) is 0 Å². The SMILES string of the molecule is COC(=O)C(C)CN(C)C(=O)c1cc(N)c(C)s1. The maximum atomic E-state index is 12.1. The number of anilines is 1. The van der Waals surface area contributed by atoms with E-state index in [9.17, 15) is 9.59 Å². The zero-order chi connectivity index (χ0) is 13.9. The maximum absolute atomic E-state index is 12.1. The first-order chi connectivity index (χ1) is 8.36. The van der Waals surface area contributed by atoms with E-state index >= 15 is 0 Å². The van der Waals surface area contributed by atoms with Gasteiger partial charge in [-0.15, -0.1) is 11.3 Å². The van der Waals surface area contributed by atoms with E-state index in [1.807, 2.05) is 6.92 Å². The lowest BCUT2D eigenvalue weighted by atomic mass is 10.1. The van der Waals surface area contributed by atoms with Crippen molar-refractivity contribution in [2.24, 2.45) is 5.92 Å². The summed E-state index contributed by atoms with van der Waals surface area (Å²) >= 11 is 1.36.